The summed E-state index contributed by atoms with van der Waals surface area (Å²) in [6.45, 7) is 6.29. The number of rotatable bonds is 4. The van der Waals surface area contributed by atoms with E-state index < -0.39 is 6.43 Å². The van der Waals surface area contributed by atoms with Gasteiger partial charge in [-0.25, -0.2) is 8.78 Å². The van der Waals surface area contributed by atoms with Crippen LogP contribution in [0, 0.1) is 0 Å². The largest absolute Gasteiger partial charge is 0.296 e. The summed E-state index contributed by atoms with van der Waals surface area (Å²) in [6, 6.07) is 6.19. The van der Waals surface area contributed by atoms with Gasteiger partial charge in [0.25, 0.3) is 6.43 Å². The van der Waals surface area contributed by atoms with E-state index in [0.717, 1.165) is 5.56 Å². The summed E-state index contributed by atoms with van der Waals surface area (Å²) in [5.41, 5.74) is 3.49. The Kier molecular flexibility index (Phi) is 4.38. The van der Waals surface area contributed by atoms with Gasteiger partial charge in [0.1, 0.15) is 0 Å². The first-order valence-electron chi connectivity index (χ1n) is 5.16. The maximum atomic E-state index is 12.3. The molecule has 0 spiro atoms. The van der Waals surface area contributed by atoms with Crippen LogP contribution in [0.15, 0.2) is 24.3 Å². The number of hydrogen-bond donors (Lipinski definition) is 1. The second kappa shape index (κ2) is 5.37. The van der Waals surface area contributed by atoms with E-state index in [1.54, 1.807) is 12.1 Å². The molecular formula is C12H17F2NO. The van der Waals surface area contributed by atoms with E-state index >= 15 is 0 Å². The van der Waals surface area contributed by atoms with E-state index in [9.17, 15) is 8.78 Å². The highest BCUT2D eigenvalue weighted by Gasteiger charge is 2.10. The van der Waals surface area contributed by atoms with Crippen molar-refractivity contribution < 1.29 is 13.6 Å². The van der Waals surface area contributed by atoms with Crippen molar-refractivity contribution in [1.82, 2.24) is 5.48 Å². The number of nitrogens with one attached hydrogen (secondary N) is 1. The lowest BCUT2D eigenvalue weighted by Gasteiger charge is -2.19. The summed E-state index contributed by atoms with van der Waals surface area (Å²) < 4.78 is 24.5. The molecule has 0 heterocycles. The number of hydroxylamine groups is 1. The van der Waals surface area contributed by atoms with Gasteiger partial charge in [0.2, 0.25) is 0 Å². The van der Waals surface area contributed by atoms with E-state index in [1.165, 1.54) is 12.1 Å². The van der Waals surface area contributed by atoms with Crippen molar-refractivity contribution in [3.8, 4) is 0 Å². The normalized spacial score (nSPS) is 12.1. The predicted octanol–water partition coefficient (Wildman–Crippen LogP) is 3.44. The van der Waals surface area contributed by atoms with Crippen LogP contribution in [-0.2, 0) is 11.4 Å². The van der Waals surface area contributed by atoms with E-state index in [1.807, 2.05) is 20.8 Å². The van der Waals surface area contributed by atoms with Crippen LogP contribution in [0.1, 0.15) is 38.3 Å². The van der Waals surface area contributed by atoms with Gasteiger partial charge < -0.3 is 0 Å². The van der Waals surface area contributed by atoms with Crippen LogP contribution in [0.2, 0.25) is 0 Å². The SMILES string of the molecule is CC(C)(C)ONCc1ccc(C(F)F)cc1. The zero-order chi connectivity index (χ0) is 12.2. The fourth-order valence-corrected chi connectivity index (χ4v) is 1.12. The minimum atomic E-state index is -2.41. The van der Waals surface area contributed by atoms with E-state index in [4.69, 9.17) is 4.84 Å². The minimum Gasteiger partial charge on any atom is -0.296 e. The number of alkyl halides is 2. The molecule has 0 fully saturated rings. The quantitative estimate of drug-likeness (QED) is 0.798. The van der Waals surface area contributed by atoms with E-state index in [2.05, 4.69) is 5.48 Å². The van der Waals surface area contributed by atoms with Crippen molar-refractivity contribution in [3.63, 3.8) is 0 Å². The third-order valence-electron chi connectivity index (χ3n) is 1.89. The molecule has 4 heteroatoms. The molecule has 90 valence electrons. The Morgan fingerprint density at radius 3 is 2.19 bits per heavy atom. The molecule has 1 aromatic carbocycles. The van der Waals surface area contributed by atoms with Crippen LogP contribution in [-0.4, -0.2) is 5.60 Å². The molecule has 0 aliphatic carbocycles. The van der Waals surface area contributed by atoms with Crippen molar-refractivity contribution in [1.29, 1.82) is 0 Å². The third-order valence-corrected chi connectivity index (χ3v) is 1.89. The third kappa shape index (κ3) is 4.68. The molecule has 0 aliphatic heterocycles. The summed E-state index contributed by atoms with van der Waals surface area (Å²) in [6.07, 6.45) is -2.41. The maximum absolute atomic E-state index is 12.3. The molecule has 0 amide bonds. The number of halogens is 2. The molecule has 0 aromatic heterocycles. The van der Waals surface area contributed by atoms with Gasteiger partial charge in [-0.2, -0.15) is 5.48 Å². The minimum absolute atomic E-state index is 0.0421. The molecule has 0 bridgehead atoms. The van der Waals surface area contributed by atoms with Crippen LogP contribution >= 0.6 is 0 Å². The fraction of sp³-hybridized carbons (Fsp3) is 0.500. The number of hydrogen-bond acceptors (Lipinski definition) is 2. The first-order chi connectivity index (χ1) is 7.38. The first kappa shape index (κ1) is 13.1. The lowest BCUT2D eigenvalue weighted by molar-refractivity contribution is -0.0757. The molecule has 1 aromatic rings. The second-order valence-electron chi connectivity index (χ2n) is 4.58. The molecule has 0 saturated carbocycles. The highest BCUT2D eigenvalue weighted by atomic mass is 19.3. The lowest BCUT2D eigenvalue weighted by Crippen LogP contribution is -2.28. The Morgan fingerprint density at radius 2 is 1.75 bits per heavy atom. The molecule has 1 N–H and O–H groups in total. The lowest BCUT2D eigenvalue weighted by atomic mass is 10.1. The smallest absolute Gasteiger partial charge is 0.263 e. The van der Waals surface area contributed by atoms with Crippen molar-refractivity contribution >= 4 is 0 Å². The monoisotopic (exact) mass is 229 g/mol. The first-order valence-corrected chi connectivity index (χ1v) is 5.16. The maximum Gasteiger partial charge on any atom is 0.263 e. The molecule has 0 saturated heterocycles. The van der Waals surface area contributed by atoms with Crippen LogP contribution in [0.3, 0.4) is 0 Å². The zero-order valence-corrected chi connectivity index (χ0v) is 9.76. The van der Waals surface area contributed by atoms with Gasteiger partial charge >= 0.3 is 0 Å². The second-order valence-corrected chi connectivity index (χ2v) is 4.58. The molecule has 1 rings (SSSR count). The Balaban J connectivity index is 2.44. The Morgan fingerprint density at radius 1 is 1.19 bits per heavy atom. The Labute approximate surface area is 94.6 Å². The van der Waals surface area contributed by atoms with Crippen molar-refractivity contribution in [2.75, 3.05) is 0 Å². The Bertz CT molecular complexity index is 317. The summed E-state index contributed by atoms with van der Waals surface area (Å²) in [7, 11) is 0. The summed E-state index contributed by atoms with van der Waals surface area (Å²) in [5.74, 6) is 0. The van der Waals surface area contributed by atoms with Gasteiger partial charge in [0.05, 0.1) is 5.60 Å². The predicted molar refractivity (Wildman–Crippen MR) is 59.1 cm³/mol. The van der Waals surface area contributed by atoms with Crippen molar-refractivity contribution in [2.24, 2.45) is 0 Å². The zero-order valence-electron chi connectivity index (χ0n) is 9.76. The molecule has 2 nitrogen and oxygen atoms in total. The Hall–Kier alpha value is -1.00. The highest BCUT2D eigenvalue weighted by molar-refractivity contribution is 5.22. The van der Waals surface area contributed by atoms with Crippen LogP contribution in [0.25, 0.3) is 0 Å². The van der Waals surface area contributed by atoms with Gasteiger partial charge in [-0.05, 0) is 26.3 Å². The van der Waals surface area contributed by atoms with Crippen molar-refractivity contribution in [2.45, 2.75) is 39.3 Å². The average Bonchev–Trinajstić information content (AvgIpc) is 2.16. The van der Waals surface area contributed by atoms with Crippen molar-refractivity contribution in [3.05, 3.63) is 35.4 Å². The van der Waals surface area contributed by atoms with Gasteiger partial charge in [0, 0.05) is 12.1 Å². The summed E-state index contributed by atoms with van der Waals surface area (Å²) in [4.78, 5) is 5.31. The van der Waals surface area contributed by atoms with Gasteiger partial charge in [-0.3, -0.25) is 4.84 Å². The average molecular weight is 229 g/mol. The van der Waals surface area contributed by atoms with Gasteiger partial charge in [-0.15, -0.1) is 0 Å². The van der Waals surface area contributed by atoms with Gasteiger partial charge in [0.15, 0.2) is 0 Å². The standard InChI is InChI=1S/C12H17F2NO/c1-12(2,3)16-15-8-9-4-6-10(7-5-9)11(13)14/h4-7,11,15H,8H2,1-3H3. The number of benzene rings is 1. The highest BCUT2D eigenvalue weighted by Crippen LogP contribution is 2.18. The van der Waals surface area contributed by atoms with Crippen LogP contribution < -0.4 is 5.48 Å². The summed E-state index contributed by atoms with van der Waals surface area (Å²) >= 11 is 0. The molecule has 0 aliphatic rings. The topological polar surface area (TPSA) is 21.3 Å². The molecule has 16 heavy (non-hydrogen) atoms. The van der Waals surface area contributed by atoms with E-state index in [-0.39, 0.29) is 11.2 Å². The summed E-state index contributed by atoms with van der Waals surface area (Å²) in [5, 5.41) is 0. The van der Waals surface area contributed by atoms with E-state index in [0.29, 0.717) is 6.54 Å². The molecule has 0 atom stereocenters. The van der Waals surface area contributed by atoms with Crippen LogP contribution in [0.5, 0.6) is 0 Å². The fourth-order valence-electron chi connectivity index (χ4n) is 1.12. The van der Waals surface area contributed by atoms with Gasteiger partial charge in [-0.1, -0.05) is 24.3 Å². The molecule has 0 unspecified atom stereocenters. The molecule has 0 radical (unpaired) electrons. The molecular weight excluding hydrogens is 212 g/mol. The van der Waals surface area contributed by atoms with Crippen LogP contribution in [0.4, 0.5) is 8.78 Å².